The number of aromatic nitrogens is 1. The molecule has 0 bridgehead atoms. The highest BCUT2D eigenvalue weighted by Crippen LogP contribution is 2.20. The van der Waals surface area contributed by atoms with Crippen LogP contribution in [-0.2, 0) is 4.79 Å². The SMILES string of the molecule is CN1CCC(N2CCN(C(=O)[C@@H](CO)NC(=O)c3cc4cc(Cl)ccc4[nH]3)CC2)CC1. The first-order chi connectivity index (χ1) is 14.9. The summed E-state index contributed by atoms with van der Waals surface area (Å²) in [4.78, 5) is 35.2. The van der Waals surface area contributed by atoms with E-state index in [1.165, 1.54) is 0 Å². The number of likely N-dealkylation sites (tertiary alicyclic amines) is 1. The number of amides is 2. The van der Waals surface area contributed by atoms with Gasteiger partial charge in [0.2, 0.25) is 5.91 Å². The maximum Gasteiger partial charge on any atom is 0.268 e. The normalized spacial score (nSPS) is 20.2. The number of H-pyrrole nitrogens is 1. The number of carbonyl (C=O) groups is 2. The van der Waals surface area contributed by atoms with Gasteiger partial charge in [0.15, 0.2) is 0 Å². The molecule has 0 saturated carbocycles. The average Bonchev–Trinajstić information content (AvgIpc) is 3.21. The molecule has 31 heavy (non-hydrogen) atoms. The lowest BCUT2D eigenvalue weighted by atomic mass is 10.0. The predicted octanol–water partition coefficient (Wildman–Crippen LogP) is 1.15. The van der Waals surface area contributed by atoms with Crippen LogP contribution in [0.15, 0.2) is 24.3 Å². The minimum absolute atomic E-state index is 0.238. The molecule has 0 unspecified atom stereocenters. The highest BCUT2D eigenvalue weighted by atomic mass is 35.5. The van der Waals surface area contributed by atoms with E-state index < -0.39 is 18.6 Å². The van der Waals surface area contributed by atoms with Gasteiger partial charge in [-0.3, -0.25) is 14.5 Å². The topological polar surface area (TPSA) is 91.9 Å². The Labute approximate surface area is 187 Å². The minimum Gasteiger partial charge on any atom is -0.394 e. The summed E-state index contributed by atoms with van der Waals surface area (Å²) in [6.45, 7) is 4.67. The molecule has 0 spiro atoms. The Balaban J connectivity index is 1.33. The second-order valence-electron chi connectivity index (χ2n) is 8.52. The summed E-state index contributed by atoms with van der Waals surface area (Å²) in [5.41, 5.74) is 1.11. The van der Waals surface area contributed by atoms with Crippen molar-refractivity contribution in [2.75, 3.05) is 52.9 Å². The first-order valence-corrected chi connectivity index (χ1v) is 11.2. The number of aromatic amines is 1. The Morgan fingerprint density at radius 2 is 1.87 bits per heavy atom. The van der Waals surface area contributed by atoms with Gasteiger partial charge < -0.3 is 25.2 Å². The maximum absolute atomic E-state index is 12.9. The monoisotopic (exact) mass is 447 g/mol. The van der Waals surface area contributed by atoms with E-state index in [2.05, 4.69) is 27.1 Å². The molecule has 168 valence electrons. The number of nitrogens with zero attached hydrogens (tertiary/aromatic N) is 3. The molecule has 3 heterocycles. The predicted molar refractivity (Wildman–Crippen MR) is 120 cm³/mol. The van der Waals surface area contributed by atoms with Crippen LogP contribution in [0.3, 0.4) is 0 Å². The Kier molecular flexibility index (Phi) is 6.81. The second kappa shape index (κ2) is 9.56. The van der Waals surface area contributed by atoms with Crippen molar-refractivity contribution >= 4 is 34.3 Å². The van der Waals surface area contributed by atoms with Crippen LogP contribution in [0, 0.1) is 0 Å². The number of rotatable bonds is 5. The summed E-state index contributed by atoms with van der Waals surface area (Å²) >= 11 is 6.00. The first-order valence-electron chi connectivity index (χ1n) is 10.9. The maximum atomic E-state index is 12.9. The fourth-order valence-electron chi connectivity index (χ4n) is 4.54. The van der Waals surface area contributed by atoms with Crippen molar-refractivity contribution < 1.29 is 14.7 Å². The van der Waals surface area contributed by atoms with Gasteiger partial charge >= 0.3 is 0 Å². The van der Waals surface area contributed by atoms with E-state index in [-0.39, 0.29) is 5.91 Å². The molecular weight excluding hydrogens is 418 g/mol. The van der Waals surface area contributed by atoms with Crippen molar-refractivity contribution in [3.05, 3.63) is 35.0 Å². The Morgan fingerprint density at radius 3 is 2.55 bits per heavy atom. The van der Waals surface area contributed by atoms with Gasteiger partial charge in [-0.2, -0.15) is 0 Å². The van der Waals surface area contributed by atoms with Crippen LogP contribution < -0.4 is 5.32 Å². The number of aliphatic hydroxyl groups is 1. The van der Waals surface area contributed by atoms with Crippen molar-refractivity contribution in [3.63, 3.8) is 0 Å². The van der Waals surface area contributed by atoms with Crippen LogP contribution in [0.2, 0.25) is 5.02 Å². The van der Waals surface area contributed by atoms with Gasteiger partial charge in [-0.25, -0.2) is 0 Å². The lowest BCUT2D eigenvalue weighted by molar-refractivity contribution is -0.136. The van der Waals surface area contributed by atoms with Crippen LogP contribution in [0.4, 0.5) is 0 Å². The molecule has 0 radical (unpaired) electrons. The molecule has 9 heteroatoms. The van der Waals surface area contributed by atoms with E-state index in [0.29, 0.717) is 29.8 Å². The molecule has 4 rings (SSSR count). The lowest BCUT2D eigenvalue weighted by Gasteiger charge is -2.42. The van der Waals surface area contributed by atoms with Crippen LogP contribution in [0.25, 0.3) is 10.9 Å². The third kappa shape index (κ3) is 5.03. The summed E-state index contributed by atoms with van der Waals surface area (Å²) in [7, 11) is 2.15. The smallest absolute Gasteiger partial charge is 0.268 e. The number of piperazine rings is 1. The molecule has 0 aliphatic carbocycles. The number of hydrogen-bond donors (Lipinski definition) is 3. The molecule has 3 N–H and O–H groups in total. The quantitative estimate of drug-likeness (QED) is 0.639. The summed E-state index contributed by atoms with van der Waals surface area (Å²) in [6, 6.07) is 6.62. The first kappa shape index (κ1) is 22.1. The molecular formula is C22H30ClN5O3. The molecule has 2 aliphatic rings. The molecule has 2 fully saturated rings. The molecule has 2 amide bonds. The number of piperidine rings is 1. The molecule has 8 nitrogen and oxygen atoms in total. The van der Waals surface area contributed by atoms with Crippen molar-refractivity contribution in [2.24, 2.45) is 0 Å². The third-order valence-corrected chi connectivity index (χ3v) is 6.68. The van der Waals surface area contributed by atoms with Crippen LogP contribution in [-0.4, -0.2) is 102 Å². The largest absolute Gasteiger partial charge is 0.394 e. The Bertz CT molecular complexity index is 932. The van der Waals surface area contributed by atoms with Gasteiger partial charge in [0, 0.05) is 48.1 Å². The fraction of sp³-hybridized carbons (Fsp3) is 0.545. The molecule has 1 aromatic carbocycles. The van der Waals surface area contributed by atoms with Gasteiger partial charge in [-0.15, -0.1) is 0 Å². The van der Waals surface area contributed by atoms with E-state index in [0.717, 1.165) is 49.9 Å². The minimum atomic E-state index is -0.961. The number of fused-ring (bicyclic) bond motifs is 1. The van der Waals surface area contributed by atoms with Gasteiger partial charge in [-0.1, -0.05) is 11.6 Å². The van der Waals surface area contributed by atoms with E-state index >= 15 is 0 Å². The molecule has 2 saturated heterocycles. The Hall–Kier alpha value is -2.13. The number of carbonyl (C=O) groups excluding carboxylic acids is 2. The van der Waals surface area contributed by atoms with Gasteiger partial charge in [-0.05, 0) is 57.2 Å². The molecule has 1 aromatic heterocycles. The highest BCUT2D eigenvalue weighted by Gasteiger charge is 2.31. The van der Waals surface area contributed by atoms with Gasteiger partial charge in [0.05, 0.1) is 6.61 Å². The number of aliphatic hydroxyl groups excluding tert-OH is 1. The van der Waals surface area contributed by atoms with Crippen molar-refractivity contribution in [2.45, 2.75) is 24.9 Å². The molecule has 2 aromatic rings. The van der Waals surface area contributed by atoms with Crippen LogP contribution in [0.5, 0.6) is 0 Å². The second-order valence-corrected chi connectivity index (χ2v) is 8.96. The van der Waals surface area contributed by atoms with Crippen molar-refractivity contribution in [1.82, 2.24) is 25.0 Å². The number of nitrogens with one attached hydrogen (secondary N) is 2. The summed E-state index contributed by atoms with van der Waals surface area (Å²) in [6.07, 6.45) is 2.32. The highest BCUT2D eigenvalue weighted by molar-refractivity contribution is 6.31. The number of hydrogen-bond acceptors (Lipinski definition) is 5. The van der Waals surface area contributed by atoms with E-state index in [1.807, 2.05) is 0 Å². The van der Waals surface area contributed by atoms with Crippen LogP contribution in [0.1, 0.15) is 23.3 Å². The standard InChI is InChI=1S/C22H30ClN5O3/c1-26-6-4-17(5-7-26)27-8-10-28(11-9-27)22(31)20(14-29)25-21(30)19-13-15-12-16(23)2-3-18(15)24-19/h2-3,12-13,17,20,24,29H,4-11,14H2,1H3,(H,25,30)/t20-/m1/s1. The van der Waals surface area contributed by atoms with Crippen molar-refractivity contribution in [3.8, 4) is 0 Å². The summed E-state index contributed by atoms with van der Waals surface area (Å²) in [5, 5.41) is 13.8. The van der Waals surface area contributed by atoms with E-state index in [4.69, 9.17) is 11.6 Å². The zero-order valence-electron chi connectivity index (χ0n) is 17.8. The van der Waals surface area contributed by atoms with Gasteiger partial charge in [0.1, 0.15) is 11.7 Å². The summed E-state index contributed by atoms with van der Waals surface area (Å²) in [5.74, 6) is -0.664. The third-order valence-electron chi connectivity index (χ3n) is 6.44. The van der Waals surface area contributed by atoms with E-state index in [9.17, 15) is 14.7 Å². The summed E-state index contributed by atoms with van der Waals surface area (Å²) < 4.78 is 0. The van der Waals surface area contributed by atoms with E-state index in [1.54, 1.807) is 29.2 Å². The zero-order valence-corrected chi connectivity index (χ0v) is 18.6. The molecule has 1 atom stereocenters. The lowest BCUT2D eigenvalue weighted by Crippen LogP contribution is -2.58. The molecule has 2 aliphatic heterocycles. The Morgan fingerprint density at radius 1 is 1.16 bits per heavy atom. The fourth-order valence-corrected chi connectivity index (χ4v) is 4.72. The van der Waals surface area contributed by atoms with Crippen molar-refractivity contribution in [1.29, 1.82) is 0 Å². The van der Waals surface area contributed by atoms with Crippen LogP contribution >= 0.6 is 11.6 Å². The van der Waals surface area contributed by atoms with Gasteiger partial charge in [0.25, 0.3) is 5.91 Å². The number of halogens is 1. The zero-order chi connectivity index (χ0) is 22.0. The average molecular weight is 448 g/mol. The number of benzene rings is 1.